The summed E-state index contributed by atoms with van der Waals surface area (Å²) < 4.78 is 29.0. The van der Waals surface area contributed by atoms with Gasteiger partial charge >= 0.3 is 0 Å². The van der Waals surface area contributed by atoms with Crippen LogP contribution in [0.2, 0.25) is 0 Å². The van der Waals surface area contributed by atoms with E-state index in [4.69, 9.17) is 0 Å². The average Bonchev–Trinajstić information content (AvgIpc) is 2.41. The second-order valence-electron chi connectivity index (χ2n) is 4.49. The number of hydrogen-bond acceptors (Lipinski definition) is 1. The van der Waals surface area contributed by atoms with Crippen LogP contribution in [0.25, 0.3) is 0 Å². The molecule has 1 N–H and O–H groups in total. The molecule has 0 saturated heterocycles. The van der Waals surface area contributed by atoms with Gasteiger partial charge in [-0.25, -0.2) is 8.78 Å². The van der Waals surface area contributed by atoms with Gasteiger partial charge in [-0.05, 0) is 75.8 Å². The van der Waals surface area contributed by atoms with E-state index in [0.717, 1.165) is 20.8 Å². The molecule has 2 aromatic carbocycles. The maximum atomic E-state index is 14.1. The van der Waals surface area contributed by atoms with Gasteiger partial charge in [0, 0.05) is 9.13 Å². The van der Waals surface area contributed by atoms with Gasteiger partial charge in [-0.1, -0.05) is 18.2 Å². The first-order chi connectivity index (χ1) is 9.45. The molecule has 20 heavy (non-hydrogen) atoms. The Morgan fingerprint density at radius 1 is 1.15 bits per heavy atom. The summed E-state index contributed by atoms with van der Waals surface area (Å²) in [6.45, 7) is 2.00. The minimum Gasteiger partial charge on any atom is -0.309 e. The molecule has 5 heteroatoms. The van der Waals surface area contributed by atoms with Crippen molar-refractivity contribution in [1.29, 1.82) is 0 Å². The maximum absolute atomic E-state index is 14.1. The number of benzene rings is 2. The van der Waals surface area contributed by atoms with Gasteiger partial charge in [0.2, 0.25) is 0 Å². The van der Waals surface area contributed by atoms with Crippen molar-refractivity contribution in [2.24, 2.45) is 0 Å². The van der Waals surface area contributed by atoms with Crippen molar-refractivity contribution in [3.8, 4) is 0 Å². The van der Waals surface area contributed by atoms with Gasteiger partial charge < -0.3 is 5.32 Å². The topological polar surface area (TPSA) is 12.0 Å². The third kappa shape index (κ3) is 3.04. The molecule has 0 aliphatic heterocycles. The van der Waals surface area contributed by atoms with E-state index >= 15 is 0 Å². The normalized spacial score (nSPS) is 12.5. The van der Waals surface area contributed by atoms with E-state index in [0.29, 0.717) is 5.56 Å². The Morgan fingerprint density at radius 2 is 1.85 bits per heavy atom. The van der Waals surface area contributed by atoms with Crippen LogP contribution in [0.1, 0.15) is 22.7 Å². The van der Waals surface area contributed by atoms with Crippen LogP contribution in [-0.2, 0) is 0 Å². The van der Waals surface area contributed by atoms with Crippen molar-refractivity contribution in [3.63, 3.8) is 0 Å². The Hall–Kier alpha value is -0.530. The molecular weight excluding hydrogens is 439 g/mol. The number of hydrogen-bond donors (Lipinski definition) is 1. The van der Waals surface area contributed by atoms with E-state index in [1.165, 1.54) is 6.07 Å². The number of nitrogens with one attached hydrogen (secondary N) is 1. The van der Waals surface area contributed by atoms with E-state index in [1.807, 2.05) is 25.1 Å². The average molecular weight is 452 g/mol. The molecule has 0 aliphatic rings. The molecule has 1 unspecified atom stereocenters. The highest BCUT2D eigenvalue weighted by Crippen LogP contribution is 2.31. The summed E-state index contributed by atoms with van der Waals surface area (Å²) in [5, 5.41) is 3.06. The predicted octanol–water partition coefficient (Wildman–Crippen LogP) is 4.95. The Morgan fingerprint density at radius 3 is 2.50 bits per heavy atom. The lowest BCUT2D eigenvalue weighted by molar-refractivity contribution is 0.554. The monoisotopic (exact) mass is 451 g/mol. The van der Waals surface area contributed by atoms with Crippen LogP contribution >= 0.6 is 38.5 Å². The lowest BCUT2D eigenvalue weighted by Crippen LogP contribution is -2.20. The van der Waals surface area contributed by atoms with Crippen LogP contribution in [0.5, 0.6) is 0 Å². The lowest BCUT2D eigenvalue weighted by atomic mass is 9.97. The fourth-order valence-electron chi connectivity index (χ4n) is 2.13. The summed E-state index contributed by atoms with van der Waals surface area (Å²) in [6, 6.07) is 7.86. The predicted molar refractivity (Wildman–Crippen MR) is 88.9 cm³/mol. The van der Waals surface area contributed by atoms with Gasteiger partial charge in [-0.2, -0.15) is 0 Å². The van der Waals surface area contributed by atoms with Gasteiger partial charge in [0.1, 0.15) is 11.6 Å². The quantitative estimate of drug-likeness (QED) is 0.514. The molecular formula is C15H13BrF2IN. The Balaban J connectivity index is 2.58. The first kappa shape index (κ1) is 15.9. The van der Waals surface area contributed by atoms with E-state index in [9.17, 15) is 8.78 Å². The molecule has 0 fully saturated rings. The van der Waals surface area contributed by atoms with E-state index in [1.54, 1.807) is 7.05 Å². The summed E-state index contributed by atoms with van der Waals surface area (Å²) in [5.41, 5.74) is 2.35. The fraction of sp³-hybridized carbons (Fsp3) is 0.200. The van der Waals surface area contributed by atoms with Crippen molar-refractivity contribution < 1.29 is 8.78 Å². The molecule has 0 amide bonds. The minimum atomic E-state index is -0.468. The van der Waals surface area contributed by atoms with Gasteiger partial charge in [0.15, 0.2) is 0 Å². The molecule has 0 aliphatic carbocycles. The zero-order chi connectivity index (χ0) is 14.9. The zero-order valence-electron chi connectivity index (χ0n) is 11.0. The fourth-order valence-corrected chi connectivity index (χ4v) is 3.12. The number of aryl methyl sites for hydroxylation is 1. The summed E-state index contributed by atoms with van der Waals surface area (Å²) >= 11 is 5.23. The highest BCUT2D eigenvalue weighted by molar-refractivity contribution is 14.1. The lowest BCUT2D eigenvalue weighted by Gasteiger charge is -2.20. The third-order valence-electron chi connectivity index (χ3n) is 3.17. The van der Waals surface area contributed by atoms with Crippen molar-refractivity contribution in [2.45, 2.75) is 13.0 Å². The van der Waals surface area contributed by atoms with Gasteiger partial charge in [-0.15, -0.1) is 0 Å². The van der Waals surface area contributed by atoms with Crippen LogP contribution < -0.4 is 5.32 Å². The first-order valence-corrected chi connectivity index (χ1v) is 7.89. The Labute approximate surface area is 139 Å². The van der Waals surface area contributed by atoms with Gasteiger partial charge in [0.25, 0.3) is 0 Å². The molecule has 2 aromatic rings. The second-order valence-corrected chi connectivity index (χ2v) is 6.42. The molecule has 1 nitrogen and oxygen atoms in total. The van der Waals surface area contributed by atoms with Crippen molar-refractivity contribution in [1.82, 2.24) is 5.32 Å². The molecule has 0 heterocycles. The summed E-state index contributed by atoms with van der Waals surface area (Å²) in [4.78, 5) is 0. The SMILES string of the molecule is CNC(c1cc(F)c(Br)cc1F)c1cccc(C)c1I. The largest absolute Gasteiger partial charge is 0.309 e. The Bertz CT molecular complexity index is 646. The number of rotatable bonds is 3. The van der Waals surface area contributed by atoms with Crippen molar-refractivity contribution in [2.75, 3.05) is 7.05 Å². The van der Waals surface area contributed by atoms with Crippen LogP contribution in [0, 0.1) is 22.1 Å². The summed E-state index contributed by atoms with van der Waals surface area (Å²) in [5.74, 6) is -0.903. The maximum Gasteiger partial charge on any atom is 0.137 e. The Kier molecular flexibility index (Phi) is 5.14. The molecule has 0 radical (unpaired) electrons. The van der Waals surface area contributed by atoms with Crippen LogP contribution in [0.15, 0.2) is 34.8 Å². The molecule has 0 saturated carbocycles. The molecule has 0 aromatic heterocycles. The standard InChI is InChI=1S/C15H13BrF2IN/c1-8-4-3-5-9(14(8)19)15(20-2)10-6-13(18)11(16)7-12(10)17/h3-7,15,20H,1-2H3. The van der Waals surface area contributed by atoms with E-state index in [2.05, 4.69) is 43.8 Å². The van der Waals surface area contributed by atoms with Gasteiger partial charge in [-0.3, -0.25) is 0 Å². The first-order valence-electron chi connectivity index (χ1n) is 6.02. The molecule has 1 atom stereocenters. The van der Waals surface area contributed by atoms with Crippen LogP contribution in [-0.4, -0.2) is 7.05 Å². The minimum absolute atomic E-state index is 0.132. The van der Waals surface area contributed by atoms with Crippen LogP contribution in [0.3, 0.4) is 0 Å². The molecule has 2 rings (SSSR count). The highest BCUT2D eigenvalue weighted by Gasteiger charge is 2.21. The smallest absolute Gasteiger partial charge is 0.137 e. The summed E-state index contributed by atoms with van der Waals surface area (Å²) in [7, 11) is 1.74. The van der Waals surface area contributed by atoms with E-state index < -0.39 is 11.6 Å². The number of halogens is 4. The third-order valence-corrected chi connectivity index (χ3v) is 5.25. The summed E-state index contributed by atoms with van der Waals surface area (Å²) in [6.07, 6.45) is 0. The molecule has 106 valence electrons. The van der Waals surface area contributed by atoms with E-state index in [-0.39, 0.29) is 10.5 Å². The van der Waals surface area contributed by atoms with Crippen LogP contribution in [0.4, 0.5) is 8.78 Å². The van der Waals surface area contributed by atoms with Gasteiger partial charge in [0.05, 0.1) is 10.5 Å². The van der Waals surface area contributed by atoms with Crippen molar-refractivity contribution >= 4 is 38.5 Å². The second kappa shape index (κ2) is 6.49. The van der Waals surface area contributed by atoms with Crippen molar-refractivity contribution in [3.05, 3.63) is 66.7 Å². The molecule has 0 bridgehead atoms. The molecule has 0 spiro atoms. The zero-order valence-corrected chi connectivity index (χ0v) is 14.7. The highest BCUT2D eigenvalue weighted by atomic mass is 127.